The number of carboxylic acids is 3. The van der Waals surface area contributed by atoms with Gasteiger partial charge in [0, 0.05) is 5.56 Å². The van der Waals surface area contributed by atoms with Crippen molar-refractivity contribution in [3.63, 3.8) is 0 Å². The highest BCUT2D eigenvalue weighted by molar-refractivity contribution is 6.03. The van der Waals surface area contributed by atoms with E-state index in [2.05, 4.69) is 6.58 Å². The van der Waals surface area contributed by atoms with Crippen molar-refractivity contribution in [1.82, 2.24) is 0 Å². The molecule has 0 aromatic heterocycles. The van der Waals surface area contributed by atoms with Gasteiger partial charge in [-0.15, -0.1) is 0 Å². The summed E-state index contributed by atoms with van der Waals surface area (Å²) in [5, 5.41) is 26.5. The maximum absolute atomic E-state index is 10.9. The molecule has 0 atom stereocenters. The van der Waals surface area contributed by atoms with Gasteiger partial charge in [0.25, 0.3) is 0 Å². The molecular formula is C11H8O6. The van der Waals surface area contributed by atoms with Gasteiger partial charge in [-0.05, 0) is 12.1 Å². The molecule has 0 aliphatic heterocycles. The van der Waals surface area contributed by atoms with Crippen molar-refractivity contribution >= 4 is 24.0 Å². The van der Waals surface area contributed by atoms with Crippen LogP contribution in [0.15, 0.2) is 18.7 Å². The van der Waals surface area contributed by atoms with Crippen molar-refractivity contribution in [2.24, 2.45) is 0 Å². The summed E-state index contributed by atoms with van der Waals surface area (Å²) < 4.78 is 0. The zero-order valence-corrected chi connectivity index (χ0v) is 8.51. The predicted octanol–water partition coefficient (Wildman–Crippen LogP) is 1.42. The molecule has 1 rings (SSSR count). The molecule has 3 N–H and O–H groups in total. The average Bonchev–Trinajstić information content (AvgIpc) is 2.26. The molecule has 0 bridgehead atoms. The van der Waals surface area contributed by atoms with E-state index in [1.165, 1.54) is 0 Å². The molecule has 1 aromatic carbocycles. The van der Waals surface area contributed by atoms with Gasteiger partial charge in [0.1, 0.15) is 0 Å². The molecule has 0 unspecified atom stereocenters. The minimum Gasteiger partial charge on any atom is -0.478 e. The molecule has 0 saturated heterocycles. The first-order valence-corrected chi connectivity index (χ1v) is 4.38. The molecule has 0 amide bonds. The Morgan fingerprint density at radius 3 is 1.59 bits per heavy atom. The summed E-state index contributed by atoms with van der Waals surface area (Å²) in [7, 11) is 0. The van der Waals surface area contributed by atoms with Gasteiger partial charge in [0.15, 0.2) is 0 Å². The van der Waals surface area contributed by atoms with Gasteiger partial charge in [-0.25, -0.2) is 14.4 Å². The lowest BCUT2D eigenvalue weighted by molar-refractivity contribution is 0.0695. The summed E-state index contributed by atoms with van der Waals surface area (Å²) in [5.74, 6) is -4.22. The molecule has 0 radical (unpaired) electrons. The van der Waals surface area contributed by atoms with Crippen LogP contribution in [0.25, 0.3) is 6.08 Å². The van der Waals surface area contributed by atoms with E-state index in [0.717, 1.165) is 18.2 Å². The lowest BCUT2D eigenvalue weighted by atomic mass is 9.97. The van der Waals surface area contributed by atoms with E-state index in [-0.39, 0.29) is 5.56 Å². The largest absolute Gasteiger partial charge is 0.478 e. The van der Waals surface area contributed by atoms with E-state index in [0.29, 0.717) is 0 Å². The zero-order chi connectivity index (χ0) is 13.2. The second-order valence-electron chi connectivity index (χ2n) is 3.10. The van der Waals surface area contributed by atoms with Gasteiger partial charge < -0.3 is 15.3 Å². The second kappa shape index (κ2) is 4.48. The number of hydrogen-bond donors (Lipinski definition) is 3. The molecule has 0 aliphatic carbocycles. The molecule has 0 heterocycles. The quantitative estimate of drug-likeness (QED) is 0.728. The molecule has 6 heteroatoms. The van der Waals surface area contributed by atoms with Gasteiger partial charge in [-0.2, -0.15) is 0 Å². The van der Waals surface area contributed by atoms with Crippen LogP contribution in [0, 0.1) is 0 Å². The zero-order valence-electron chi connectivity index (χ0n) is 8.51. The van der Waals surface area contributed by atoms with Gasteiger partial charge in [-0.1, -0.05) is 12.7 Å². The average molecular weight is 236 g/mol. The van der Waals surface area contributed by atoms with Gasteiger partial charge >= 0.3 is 17.9 Å². The molecule has 88 valence electrons. The SMILES string of the molecule is C=Cc1c(C(=O)O)cc(C(=O)O)cc1C(=O)O. The van der Waals surface area contributed by atoms with Crippen molar-refractivity contribution in [3.8, 4) is 0 Å². The highest BCUT2D eigenvalue weighted by Gasteiger charge is 2.20. The second-order valence-corrected chi connectivity index (χ2v) is 3.10. The fourth-order valence-corrected chi connectivity index (χ4v) is 1.35. The summed E-state index contributed by atoms with van der Waals surface area (Å²) in [5.41, 5.74) is -1.32. The van der Waals surface area contributed by atoms with Crippen LogP contribution in [-0.2, 0) is 0 Å². The lowest BCUT2D eigenvalue weighted by Crippen LogP contribution is -2.10. The maximum atomic E-state index is 10.9. The molecule has 0 saturated carbocycles. The minimum absolute atomic E-state index is 0.116. The molecular weight excluding hydrogens is 228 g/mol. The third-order valence-electron chi connectivity index (χ3n) is 2.09. The van der Waals surface area contributed by atoms with Crippen LogP contribution in [0.3, 0.4) is 0 Å². The number of aromatic carboxylic acids is 3. The Balaban J connectivity index is 3.68. The van der Waals surface area contributed by atoms with Crippen LogP contribution in [-0.4, -0.2) is 33.2 Å². The molecule has 1 aromatic rings. The highest BCUT2D eigenvalue weighted by atomic mass is 16.4. The Morgan fingerprint density at radius 1 is 0.941 bits per heavy atom. The number of rotatable bonds is 4. The van der Waals surface area contributed by atoms with E-state index < -0.39 is 34.6 Å². The van der Waals surface area contributed by atoms with Crippen molar-refractivity contribution in [3.05, 3.63) is 41.0 Å². The van der Waals surface area contributed by atoms with Crippen LogP contribution >= 0.6 is 0 Å². The first kappa shape index (κ1) is 12.4. The molecule has 6 nitrogen and oxygen atoms in total. The Hall–Kier alpha value is -2.63. The lowest BCUT2D eigenvalue weighted by Gasteiger charge is -2.07. The third kappa shape index (κ3) is 2.31. The molecule has 0 fully saturated rings. The van der Waals surface area contributed by atoms with Gasteiger partial charge in [0.2, 0.25) is 0 Å². The fraction of sp³-hybridized carbons (Fsp3) is 0. The van der Waals surface area contributed by atoms with Gasteiger partial charge in [-0.3, -0.25) is 0 Å². The first-order valence-electron chi connectivity index (χ1n) is 4.38. The van der Waals surface area contributed by atoms with E-state index in [9.17, 15) is 14.4 Å². The summed E-state index contributed by atoms with van der Waals surface area (Å²) >= 11 is 0. The summed E-state index contributed by atoms with van der Waals surface area (Å²) in [4.78, 5) is 32.5. The molecule has 17 heavy (non-hydrogen) atoms. The van der Waals surface area contributed by atoms with Crippen LogP contribution in [0.4, 0.5) is 0 Å². The van der Waals surface area contributed by atoms with Crippen LogP contribution < -0.4 is 0 Å². The normalized spacial score (nSPS) is 9.65. The van der Waals surface area contributed by atoms with Crippen LogP contribution in [0.1, 0.15) is 36.6 Å². The minimum atomic E-state index is -1.41. The van der Waals surface area contributed by atoms with E-state index in [1.54, 1.807) is 0 Å². The number of carboxylic acid groups (broad SMARTS) is 3. The Kier molecular flexibility index (Phi) is 3.28. The third-order valence-corrected chi connectivity index (χ3v) is 2.09. The molecule has 0 spiro atoms. The van der Waals surface area contributed by atoms with Crippen molar-refractivity contribution in [2.45, 2.75) is 0 Å². The summed E-state index contributed by atoms with van der Waals surface area (Å²) in [6.45, 7) is 3.32. The van der Waals surface area contributed by atoms with Crippen molar-refractivity contribution in [1.29, 1.82) is 0 Å². The van der Waals surface area contributed by atoms with Crippen LogP contribution in [0.5, 0.6) is 0 Å². The first-order chi connectivity index (χ1) is 7.88. The van der Waals surface area contributed by atoms with Gasteiger partial charge in [0.05, 0.1) is 16.7 Å². The van der Waals surface area contributed by atoms with E-state index in [1.807, 2.05) is 0 Å². The van der Waals surface area contributed by atoms with Crippen molar-refractivity contribution in [2.75, 3.05) is 0 Å². The van der Waals surface area contributed by atoms with Crippen LogP contribution in [0.2, 0.25) is 0 Å². The van der Waals surface area contributed by atoms with E-state index >= 15 is 0 Å². The number of hydrogen-bond acceptors (Lipinski definition) is 3. The summed E-state index contributed by atoms with van der Waals surface area (Å²) in [6, 6.07) is 1.79. The standard InChI is InChI=1S/C11H8O6/c1-2-6-7(10(14)15)3-5(9(12)13)4-8(6)11(16)17/h2-4H,1H2,(H,12,13)(H,14,15)(H,16,17). The topological polar surface area (TPSA) is 112 Å². The van der Waals surface area contributed by atoms with E-state index in [4.69, 9.17) is 15.3 Å². The summed E-state index contributed by atoms with van der Waals surface area (Å²) in [6.07, 6.45) is 1.07. The Labute approximate surface area is 95.4 Å². The molecule has 0 aliphatic rings. The fourth-order valence-electron chi connectivity index (χ4n) is 1.35. The monoisotopic (exact) mass is 236 g/mol. The smallest absolute Gasteiger partial charge is 0.336 e. The number of benzene rings is 1. The highest BCUT2D eigenvalue weighted by Crippen LogP contribution is 2.20. The number of carbonyl (C=O) groups is 3. The predicted molar refractivity (Wildman–Crippen MR) is 57.4 cm³/mol. The van der Waals surface area contributed by atoms with Crippen molar-refractivity contribution < 1.29 is 29.7 Å². The Morgan fingerprint density at radius 2 is 1.35 bits per heavy atom. The Bertz CT molecular complexity index is 494. The maximum Gasteiger partial charge on any atom is 0.336 e.